The Morgan fingerprint density at radius 3 is 2.83 bits per heavy atom. The van der Waals surface area contributed by atoms with Crippen molar-refractivity contribution in [2.75, 3.05) is 0 Å². The predicted molar refractivity (Wildman–Crippen MR) is 54.2 cm³/mol. The van der Waals surface area contributed by atoms with Crippen molar-refractivity contribution >= 4 is 6.08 Å². The fraction of sp³-hybridized carbons (Fsp3) is 0.250. The van der Waals surface area contributed by atoms with E-state index in [4.69, 9.17) is 0 Å². The molecule has 1 rings (SSSR count). The first-order valence-corrected chi connectivity index (χ1v) is 4.23. The maximum atomic E-state index is 3.57. The Labute approximate surface area is 74.2 Å². The second-order valence-electron chi connectivity index (χ2n) is 2.90. The molecule has 0 radical (unpaired) electrons. The van der Waals surface area contributed by atoms with Gasteiger partial charge in [-0.05, 0) is 30.5 Å². The van der Waals surface area contributed by atoms with Crippen LogP contribution in [-0.4, -0.2) is 0 Å². The van der Waals surface area contributed by atoms with Crippen LogP contribution in [0.15, 0.2) is 30.5 Å². The number of hydrogen-bond donors (Lipinski definition) is 0. The maximum absolute atomic E-state index is 3.57. The third-order valence-corrected chi connectivity index (χ3v) is 1.94. The monoisotopic (exact) mass is 158 g/mol. The molecule has 0 spiro atoms. The van der Waals surface area contributed by atoms with Gasteiger partial charge in [0.2, 0.25) is 0 Å². The molecule has 0 bridgehead atoms. The molecular weight excluding hydrogens is 144 g/mol. The molecule has 0 aromatic heterocycles. The fourth-order valence-electron chi connectivity index (χ4n) is 1.29. The van der Waals surface area contributed by atoms with E-state index < -0.39 is 0 Å². The first-order valence-electron chi connectivity index (χ1n) is 4.23. The Hall–Kier alpha value is -1.26. The highest BCUT2D eigenvalue weighted by molar-refractivity contribution is 5.53. The van der Waals surface area contributed by atoms with E-state index in [9.17, 15) is 0 Å². The largest absolute Gasteiger partial charge is 0.128 e. The summed E-state index contributed by atoms with van der Waals surface area (Å²) in [5.74, 6) is 0. The van der Waals surface area contributed by atoms with Crippen LogP contribution in [0.4, 0.5) is 0 Å². The summed E-state index contributed by atoms with van der Waals surface area (Å²) in [4.78, 5) is 0. The number of aryl methyl sites for hydroxylation is 2. The normalized spacial score (nSPS) is 9.17. The topological polar surface area (TPSA) is 0 Å². The third kappa shape index (κ3) is 1.87. The Morgan fingerprint density at radius 1 is 1.50 bits per heavy atom. The maximum Gasteiger partial charge on any atom is -0.0131 e. The zero-order valence-corrected chi connectivity index (χ0v) is 7.72. The molecule has 0 aliphatic carbocycles. The number of hydrogen-bond acceptors (Lipinski definition) is 0. The highest BCUT2D eigenvalue weighted by Gasteiger charge is 1.96. The van der Waals surface area contributed by atoms with E-state index in [-0.39, 0.29) is 0 Å². The molecule has 0 heteroatoms. The Balaban J connectivity index is 3.19. The highest BCUT2D eigenvalue weighted by Crippen LogP contribution is 2.13. The van der Waals surface area contributed by atoms with Crippen molar-refractivity contribution in [1.29, 1.82) is 0 Å². The SMILES string of the molecule is C=C=Cc1ccc(C)cc1CC. The van der Waals surface area contributed by atoms with Crippen LogP contribution in [0.2, 0.25) is 0 Å². The molecule has 0 heterocycles. The van der Waals surface area contributed by atoms with E-state index in [1.807, 2.05) is 6.08 Å². The molecule has 1 aromatic rings. The summed E-state index contributed by atoms with van der Waals surface area (Å²) in [6, 6.07) is 6.44. The van der Waals surface area contributed by atoms with Gasteiger partial charge in [-0.2, -0.15) is 0 Å². The van der Waals surface area contributed by atoms with Gasteiger partial charge < -0.3 is 0 Å². The van der Waals surface area contributed by atoms with E-state index in [1.54, 1.807) is 0 Å². The van der Waals surface area contributed by atoms with Crippen molar-refractivity contribution in [2.24, 2.45) is 0 Å². The molecule has 0 N–H and O–H groups in total. The van der Waals surface area contributed by atoms with Crippen LogP contribution < -0.4 is 0 Å². The minimum Gasteiger partial charge on any atom is -0.128 e. The van der Waals surface area contributed by atoms with Gasteiger partial charge in [-0.3, -0.25) is 0 Å². The van der Waals surface area contributed by atoms with Gasteiger partial charge >= 0.3 is 0 Å². The third-order valence-electron chi connectivity index (χ3n) is 1.94. The Bertz CT molecular complexity index is 315. The van der Waals surface area contributed by atoms with Crippen LogP contribution in [0.1, 0.15) is 23.6 Å². The number of benzene rings is 1. The molecular formula is C12H14. The van der Waals surface area contributed by atoms with E-state index in [1.165, 1.54) is 16.7 Å². The summed E-state index contributed by atoms with van der Waals surface area (Å²) in [5, 5.41) is 0. The Kier molecular flexibility index (Phi) is 2.90. The molecule has 1 aromatic carbocycles. The van der Waals surface area contributed by atoms with Gasteiger partial charge in [-0.25, -0.2) is 0 Å². The molecule has 12 heavy (non-hydrogen) atoms. The van der Waals surface area contributed by atoms with Crippen molar-refractivity contribution in [3.63, 3.8) is 0 Å². The molecule has 0 amide bonds. The lowest BCUT2D eigenvalue weighted by molar-refractivity contribution is 1.12. The lowest BCUT2D eigenvalue weighted by atomic mass is 10.0. The zero-order chi connectivity index (χ0) is 8.97. The zero-order valence-electron chi connectivity index (χ0n) is 7.72. The lowest BCUT2D eigenvalue weighted by Crippen LogP contribution is -1.86. The summed E-state index contributed by atoms with van der Waals surface area (Å²) in [7, 11) is 0. The molecule has 0 fully saturated rings. The highest BCUT2D eigenvalue weighted by atomic mass is 14.0. The molecule has 0 unspecified atom stereocenters. The minimum atomic E-state index is 1.06. The van der Waals surface area contributed by atoms with Crippen LogP contribution >= 0.6 is 0 Å². The predicted octanol–water partition coefficient (Wildman–Crippen LogP) is 3.36. The van der Waals surface area contributed by atoms with Gasteiger partial charge in [0.1, 0.15) is 0 Å². The molecule has 0 aliphatic heterocycles. The van der Waals surface area contributed by atoms with Gasteiger partial charge in [0.25, 0.3) is 0 Å². The van der Waals surface area contributed by atoms with Crippen molar-refractivity contribution in [3.8, 4) is 0 Å². The van der Waals surface area contributed by atoms with E-state index in [2.05, 4.69) is 44.4 Å². The number of rotatable bonds is 2. The van der Waals surface area contributed by atoms with E-state index in [0.717, 1.165) is 6.42 Å². The van der Waals surface area contributed by atoms with Crippen LogP contribution in [0, 0.1) is 6.92 Å². The molecule has 62 valence electrons. The fourth-order valence-corrected chi connectivity index (χ4v) is 1.29. The average molecular weight is 158 g/mol. The second-order valence-corrected chi connectivity index (χ2v) is 2.90. The summed E-state index contributed by atoms with van der Waals surface area (Å²) in [6.07, 6.45) is 2.99. The van der Waals surface area contributed by atoms with Crippen molar-refractivity contribution in [1.82, 2.24) is 0 Å². The van der Waals surface area contributed by atoms with Gasteiger partial charge in [-0.15, -0.1) is 5.73 Å². The standard InChI is InChI=1S/C12H14/c1-4-6-12-8-7-10(3)9-11(12)5-2/h6-9H,1,5H2,2-3H3. The van der Waals surface area contributed by atoms with E-state index in [0.29, 0.717) is 0 Å². The summed E-state index contributed by atoms with van der Waals surface area (Å²) in [5.41, 5.74) is 6.72. The van der Waals surface area contributed by atoms with Crippen LogP contribution in [-0.2, 0) is 6.42 Å². The van der Waals surface area contributed by atoms with Crippen molar-refractivity contribution in [2.45, 2.75) is 20.3 Å². The first kappa shape index (κ1) is 8.83. The lowest BCUT2D eigenvalue weighted by Gasteiger charge is -2.03. The van der Waals surface area contributed by atoms with Gasteiger partial charge in [-0.1, -0.05) is 37.3 Å². The molecule has 0 nitrogen and oxygen atoms in total. The van der Waals surface area contributed by atoms with Gasteiger partial charge in [0.15, 0.2) is 0 Å². The quantitative estimate of drug-likeness (QED) is 0.579. The first-order chi connectivity index (χ1) is 5.77. The van der Waals surface area contributed by atoms with Gasteiger partial charge in [0.05, 0.1) is 0 Å². The van der Waals surface area contributed by atoms with Crippen molar-refractivity contribution < 1.29 is 0 Å². The van der Waals surface area contributed by atoms with Crippen LogP contribution in [0.3, 0.4) is 0 Å². The molecule has 0 saturated carbocycles. The Morgan fingerprint density at radius 2 is 2.25 bits per heavy atom. The summed E-state index contributed by atoms with van der Waals surface area (Å²) in [6.45, 7) is 7.85. The van der Waals surface area contributed by atoms with Crippen molar-refractivity contribution in [3.05, 3.63) is 47.2 Å². The molecule has 0 saturated heterocycles. The van der Waals surface area contributed by atoms with Gasteiger partial charge in [0, 0.05) is 0 Å². The van der Waals surface area contributed by atoms with E-state index >= 15 is 0 Å². The second kappa shape index (κ2) is 3.94. The minimum absolute atomic E-state index is 1.06. The summed E-state index contributed by atoms with van der Waals surface area (Å²) < 4.78 is 0. The van der Waals surface area contributed by atoms with Crippen LogP contribution in [0.5, 0.6) is 0 Å². The molecule has 0 aliphatic rings. The summed E-state index contributed by atoms with van der Waals surface area (Å²) >= 11 is 0. The smallest absolute Gasteiger partial charge is 0.0131 e. The molecule has 0 atom stereocenters. The van der Waals surface area contributed by atoms with Crippen LogP contribution in [0.25, 0.3) is 6.08 Å². The average Bonchev–Trinajstić information content (AvgIpc) is 2.08.